The normalized spacial score (nSPS) is 21.8. The van der Waals surface area contributed by atoms with Gasteiger partial charge < -0.3 is 9.32 Å². The molecule has 3 heterocycles. The van der Waals surface area contributed by atoms with E-state index < -0.39 is 4.92 Å². The van der Waals surface area contributed by atoms with Crippen molar-refractivity contribution in [1.82, 2.24) is 4.98 Å². The molecule has 0 aliphatic carbocycles. The van der Waals surface area contributed by atoms with Gasteiger partial charge in [0.1, 0.15) is 23.5 Å². The largest absolute Gasteiger partial charge is 0.464 e. The average molecular weight is 301 g/mol. The van der Waals surface area contributed by atoms with E-state index in [1.807, 2.05) is 19.1 Å². The molecule has 1 aliphatic rings. The van der Waals surface area contributed by atoms with Crippen molar-refractivity contribution in [3.05, 3.63) is 52.1 Å². The second-order valence-electron chi connectivity index (χ2n) is 5.92. The Bertz CT molecular complexity index is 666. The van der Waals surface area contributed by atoms with Crippen LogP contribution in [0.25, 0.3) is 0 Å². The number of nitro groups is 1. The first-order valence-electron chi connectivity index (χ1n) is 7.48. The summed E-state index contributed by atoms with van der Waals surface area (Å²) in [5.74, 6) is 3.20. The molecule has 0 aromatic carbocycles. The molecule has 2 aromatic heterocycles. The molecule has 0 N–H and O–H groups in total. The van der Waals surface area contributed by atoms with Crippen LogP contribution in [0.3, 0.4) is 0 Å². The molecule has 6 heteroatoms. The van der Waals surface area contributed by atoms with Gasteiger partial charge in [0.05, 0.1) is 11.0 Å². The number of anilines is 1. The van der Waals surface area contributed by atoms with Crippen molar-refractivity contribution in [1.29, 1.82) is 0 Å². The predicted octanol–water partition coefficient (Wildman–Crippen LogP) is 3.87. The molecule has 2 aromatic rings. The second kappa shape index (κ2) is 5.79. The van der Waals surface area contributed by atoms with E-state index in [2.05, 4.69) is 16.8 Å². The van der Waals surface area contributed by atoms with Gasteiger partial charge in [-0.25, -0.2) is 4.98 Å². The van der Waals surface area contributed by atoms with Gasteiger partial charge in [-0.05, 0) is 43.9 Å². The Balaban J connectivity index is 1.90. The summed E-state index contributed by atoms with van der Waals surface area (Å²) in [7, 11) is 0. The zero-order chi connectivity index (χ0) is 15.7. The molecule has 0 saturated carbocycles. The van der Waals surface area contributed by atoms with Crippen LogP contribution >= 0.6 is 0 Å². The number of furan rings is 1. The summed E-state index contributed by atoms with van der Waals surface area (Å²) >= 11 is 0. The Morgan fingerprint density at radius 2 is 2.18 bits per heavy atom. The molecule has 1 fully saturated rings. The highest BCUT2D eigenvalue weighted by Crippen LogP contribution is 2.37. The van der Waals surface area contributed by atoms with Crippen LogP contribution in [-0.4, -0.2) is 16.5 Å². The molecule has 22 heavy (non-hydrogen) atoms. The average Bonchev–Trinajstić information content (AvgIpc) is 2.94. The highest BCUT2D eigenvalue weighted by molar-refractivity contribution is 5.45. The third kappa shape index (κ3) is 2.81. The molecule has 2 atom stereocenters. The third-order valence-electron chi connectivity index (χ3n) is 4.19. The topological polar surface area (TPSA) is 72.4 Å². The molecule has 116 valence electrons. The van der Waals surface area contributed by atoms with Crippen LogP contribution in [0.2, 0.25) is 0 Å². The van der Waals surface area contributed by atoms with Gasteiger partial charge >= 0.3 is 0 Å². The molecular formula is C16H19N3O3. The summed E-state index contributed by atoms with van der Waals surface area (Å²) in [6.07, 6.45) is 3.39. The van der Waals surface area contributed by atoms with E-state index in [1.165, 1.54) is 12.3 Å². The van der Waals surface area contributed by atoms with Gasteiger partial charge in [-0.3, -0.25) is 10.1 Å². The lowest BCUT2D eigenvalue weighted by Crippen LogP contribution is -2.36. The van der Waals surface area contributed by atoms with Crippen molar-refractivity contribution in [2.75, 3.05) is 11.4 Å². The van der Waals surface area contributed by atoms with Crippen LogP contribution in [0.1, 0.15) is 37.3 Å². The molecule has 1 saturated heterocycles. The van der Waals surface area contributed by atoms with Crippen molar-refractivity contribution in [2.24, 2.45) is 5.92 Å². The molecule has 0 spiro atoms. The van der Waals surface area contributed by atoms with Gasteiger partial charge in [-0.1, -0.05) is 6.92 Å². The van der Waals surface area contributed by atoms with Gasteiger partial charge in [0.15, 0.2) is 0 Å². The number of hydrogen-bond acceptors (Lipinski definition) is 5. The lowest BCUT2D eigenvalue weighted by molar-refractivity contribution is -0.385. The van der Waals surface area contributed by atoms with E-state index >= 15 is 0 Å². The van der Waals surface area contributed by atoms with E-state index in [0.717, 1.165) is 36.7 Å². The maximum absolute atomic E-state index is 10.8. The summed E-state index contributed by atoms with van der Waals surface area (Å²) in [5, 5.41) is 10.8. The highest BCUT2D eigenvalue weighted by atomic mass is 16.6. The number of aromatic nitrogens is 1. The Morgan fingerprint density at radius 3 is 2.77 bits per heavy atom. The van der Waals surface area contributed by atoms with Gasteiger partial charge in [0.25, 0.3) is 5.69 Å². The number of aryl methyl sites for hydroxylation is 1. The van der Waals surface area contributed by atoms with Gasteiger partial charge in [-0.2, -0.15) is 0 Å². The fourth-order valence-corrected chi connectivity index (χ4v) is 2.97. The van der Waals surface area contributed by atoms with Gasteiger partial charge in [0, 0.05) is 12.6 Å². The van der Waals surface area contributed by atoms with Gasteiger partial charge in [-0.15, -0.1) is 0 Å². The maximum atomic E-state index is 10.8. The first-order valence-corrected chi connectivity index (χ1v) is 7.48. The summed E-state index contributed by atoms with van der Waals surface area (Å²) in [6, 6.07) is 7.33. The monoisotopic (exact) mass is 301 g/mol. The van der Waals surface area contributed by atoms with E-state index in [4.69, 9.17) is 4.42 Å². The molecule has 2 unspecified atom stereocenters. The van der Waals surface area contributed by atoms with Crippen molar-refractivity contribution >= 4 is 11.5 Å². The van der Waals surface area contributed by atoms with Crippen LogP contribution in [0.4, 0.5) is 11.5 Å². The number of piperidine rings is 1. The zero-order valence-corrected chi connectivity index (χ0v) is 12.7. The zero-order valence-electron chi connectivity index (χ0n) is 12.7. The molecule has 0 radical (unpaired) electrons. The Hall–Kier alpha value is -2.37. The summed E-state index contributed by atoms with van der Waals surface area (Å²) < 4.78 is 5.81. The summed E-state index contributed by atoms with van der Waals surface area (Å²) in [6.45, 7) is 5.05. The van der Waals surface area contributed by atoms with Crippen LogP contribution in [-0.2, 0) is 0 Å². The van der Waals surface area contributed by atoms with Crippen LogP contribution in [0.15, 0.2) is 34.9 Å². The summed E-state index contributed by atoms with van der Waals surface area (Å²) in [5.41, 5.74) is 0.0134. The van der Waals surface area contributed by atoms with E-state index in [-0.39, 0.29) is 11.7 Å². The van der Waals surface area contributed by atoms with Crippen molar-refractivity contribution < 1.29 is 9.34 Å². The first kappa shape index (κ1) is 14.6. The maximum Gasteiger partial charge on any atom is 0.287 e. The number of rotatable bonds is 3. The quantitative estimate of drug-likeness (QED) is 0.635. The minimum absolute atomic E-state index is 0.0134. The molecule has 0 amide bonds. The fourth-order valence-electron chi connectivity index (χ4n) is 2.97. The van der Waals surface area contributed by atoms with Crippen LogP contribution in [0.5, 0.6) is 0 Å². The van der Waals surface area contributed by atoms with Crippen LogP contribution in [0, 0.1) is 23.0 Å². The summed E-state index contributed by atoms with van der Waals surface area (Å²) in [4.78, 5) is 16.8. The van der Waals surface area contributed by atoms with E-state index in [1.54, 1.807) is 6.07 Å². The van der Waals surface area contributed by atoms with Crippen molar-refractivity contribution in [3.63, 3.8) is 0 Å². The predicted molar refractivity (Wildman–Crippen MR) is 82.8 cm³/mol. The molecule has 1 aliphatic heterocycles. The minimum Gasteiger partial charge on any atom is -0.464 e. The molecule has 3 rings (SSSR count). The lowest BCUT2D eigenvalue weighted by Gasteiger charge is -2.38. The van der Waals surface area contributed by atoms with Crippen molar-refractivity contribution in [3.8, 4) is 0 Å². The molecule has 6 nitrogen and oxygen atoms in total. The SMILES string of the molecule is Cc1ccc(C2CC(C)CCN2c2ccc([N+](=O)[O-])cn2)o1. The van der Waals surface area contributed by atoms with Gasteiger partial charge in [0.2, 0.25) is 0 Å². The van der Waals surface area contributed by atoms with E-state index in [0.29, 0.717) is 5.92 Å². The fraction of sp³-hybridized carbons (Fsp3) is 0.438. The number of nitrogens with zero attached hydrogens (tertiary/aromatic N) is 3. The number of hydrogen-bond donors (Lipinski definition) is 0. The first-order chi connectivity index (χ1) is 10.5. The lowest BCUT2D eigenvalue weighted by atomic mass is 9.91. The Kier molecular flexibility index (Phi) is 3.83. The standard InChI is InChI=1S/C16H19N3O3/c1-11-7-8-18(14(9-11)15-5-3-12(2)22-15)16-6-4-13(10-17-16)19(20)21/h3-6,10-11,14H,7-9H2,1-2H3. The Labute approximate surface area is 128 Å². The van der Waals surface area contributed by atoms with Crippen LogP contribution < -0.4 is 4.90 Å². The smallest absolute Gasteiger partial charge is 0.287 e. The Morgan fingerprint density at radius 1 is 1.36 bits per heavy atom. The van der Waals surface area contributed by atoms with Crippen molar-refractivity contribution in [2.45, 2.75) is 32.7 Å². The minimum atomic E-state index is -0.428. The van der Waals surface area contributed by atoms with E-state index in [9.17, 15) is 10.1 Å². The molecule has 0 bridgehead atoms. The second-order valence-corrected chi connectivity index (χ2v) is 5.92. The number of pyridine rings is 1. The third-order valence-corrected chi connectivity index (χ3v) is 4.19. The molecular weight excluding hydrogens is 282 g/mol. The highest BCUT2D eigenvalue weighted by Gasteiger charge is 2.30.